The first-order valence-corrected chi connectivity index (χ1v) is 7.71. The summed E-state index contributed by atoms with van der Waals surface area (Å²) in [6.07, 6.45) is 7.84. The molecule has 0 saturated heterocycles. The van der Waals surface area contributed by atoms with Crippen LogP contribution in [-0.4, -0.2) is 25.6 Å². The monoisotopic (exact) mass is 293 g/mol. The Morgan fingerprint density at radius 1 is 1.40 bits per heavy atom. The van der Waals surface area contributed by atoms with Gasteiger partial charge in [-0.2, -0.15) is 19.6 Å². The molecular weight excluding hydrogens is 274 g/mol. The predicted octanol–water partition coefficient (Wildman–Crippen LogP) is 3.47. The third kappa shape index (κ3) is 2.35. The lowest BCUT2D eigenvalue weighted by molar-refractivity contribution is 0.316. The van der Waals surface area contributed by atoms with Crippen molar-refractivity contribution in [2.75, 3.05) is 5.32 Å². The summed E-state index contributed by atoms with van der Waals surface area (Å²) in [5.41, 5.74) is 0.935. The van der Waals surface area contributed by atoms with Crippen LogP contribution in [0.15, 0.2) is 6.33 Å². The number of nitrogens with zero attached hydrogens (tertiary/aromatic N) is 4. The lowest BCUT2D eigenvalue weighted by Crippen LogP contribution is -2.33. The highest BCUT2D eigenvalue weighted by atomic mass is 35.5. The quantitative estimate of drug-likeness (QED) is 0.881. The lowest BCUT2D eigenvalue weighted by atomic mass is 9.83. The molecule has 1 fully saturated rings. The predicted molar refractivity (Wildman–Crippen MR) is 80.2 cm³/mol. The molecular formula is C14H20ClN5. The van der Waals surface area contributed by atoms with Crippen molar-refractivity contribution >= 4 is 23.2 Å². The maximum Gasteiger partial charge on any atom is 0.255 e. The number of aromatic nitrogens is 4. The maximum atomic E-state index is 6.21. The summed E-state index contributed by atoms with van der Waals surface area (Å²) in [5.74, 6) is 2.20. The molecule has 2 aromatic rings. The molecule has 0 spiro atoms. The van der Waals surface area contributed by atoms with Gasteiger partial charge in [-0.1, -0.05) is 37.8 Å². The lowest BCUT2D eigenvalue weighted by Gasteiger charge is -2.32. The Bertz CT molecular complexity index is 609. The van der Waals surface area contributed by atoms with Crippen LogP contribution in [0.1, 0.15) is 44.6 Å². The van der Waals surface area contributed by atoms with E-state index in [1.807, 2.05) is 6.92 Å². The fourth-order valence-electron chi connectivity index (χ4n) is 3.13. The Hall–Kier alpha value is -1.36. The minimum absolute atomic E-state index is 0.485. The molecule has 1 saturated carbocycles. The van der Waals surface area contributed by atoms with Gasteiger partial charge in [-0.15, -0.1) is 0 Å². The number of rotatable bonds is 3. The van der Waals surface area contributed by atoms with E-state index in [9.17, 15) is 0 Å². The number of nitrogens with one attached hydrogen (secondary N) is 1. The second-order valence-electron chi connectivity index (χ2n) is 5.55. The summed E-state index contributed by atoms with van der Waals surface area (Å²) in [6, 6.07) is 0.485. The molecule has 108 valence electrons. The number of hydrogen-bond acceptors (Lipinski definition) is 4. The first kappa shape index (κ1) is 13.6. The summed E-state index contributed by atoms with van der Waals surface area (Å²) in [5, 5.41) is 8.41. The van der Waals surface area contributed by atoms with Gasteiger partial charge in [0.05, 0.1) is 0 Å². The van der Waals surface area contributed by atoms with Crippen molar-refractivity contribution < 1.29 is 0 Å². The van der Waals surface area contributed by atoms with Crippen LogP contribution in [0, 0.1) is 12.8 Å². The van der Waals surface area contributed by atoms with Crippen LogP contribution in [0.3, 0.4) is 0 Å². The molecule has 2 unspecified atom stereocenters. The van der Waals surface area contributed by atoms with Crippen molar-refractivity contribution in [1.82, 2.24) is 19.6 Å². The van der Waals surface area contributed by atoms with Crippen LogP contribution < -0.4 is 5.32 Å². The topological polar surface area (TPSA) is 55.1 Å². The number of hydrogen-bond donors (Lipinski definition) is 1. The van der Waals surface area contributed by atoms with E-state index in [4.69, 9.17) is 11.6 Å². The summed E-state index contributed by atoms with van der Waals surface area (Å²) < 4.78 is 1.75. The van der Waals surface area contributed by atoms with Gasteiger partial charge in [0.25, 0.3) is 5.78 Å². The molecule has 3 rings (SSSR count). The van der Waals surface area contributed by atoms with Crippen LogP contribution in [0.5, 0.6) is 0 Å². The van der Waals surface area contributed by atoms with Crippen molar-refractivity contribution in [2.45, 2.75) is 52.0 Å². The highest BCUT2D eigenvalue weighted by Gasteiger charge is 2.25. The second-order valence-corrected chi connectivity index (χ2v) is 5.91. The van der Waals surface area contributed by atoms with Gasteiger partial charge in [-0.3, -0.25) is 0 Å². The summed E-state index contributed by atoms with van der Waals surface area (Å²) in [4.78, 5) is 8.37. The largest absolute Gasteiger partial charge is 0.367 e. The van der Waals surface area contributed by atoms with Crippen molar-refractivity contribution in [1.29, 1.82) is 0 Å². The summed E-state index contributed by atoms with van der Waals surface area (Å²) in [6.45, 7) is 4.24. The first-order chi connectivity index (χ1) is 9.70. The van der Waals surface area contributed by atoms with Crippen LogP contribution in [-0.2, 0) is 0 Å². The molecule has 2 aromatic heterocycles. The van der Waals surface area contributed by atoms with Gasteiger partial charge in [0.1, 0.15) is 17.3 Å². The zero-order valence-electron chi connectivity index (χ0n) is 11.9. The van der Waals surface area contributed by atoms with E-state index in [1.165, 1.54) is 38.4 Å². The molecule has 20 heavy (non-hydrogen) atoms. The number of anilines is 1. The van der Waals surface area contributed by atoms with Gasteiger partial charge >= 0.3 is 0 Å². The zero-order chi connectivity index (χ0) is 14.1. The van der Waals surface area contributed by atoms with Gasteiger partial charge < -0.3 is 5.32 Å². The zero-order valence-corrected chi connectivity index (χ0v) is 12.7. The van der Waals surface area contributed by atoms with E-state index in [0.29, 0.717) is 22.9 Å². The van der Waals surface area contributed by atoms with E-state index in [-0.39, 0.29) is 0 Å². The minimum Gasteiger partial charge on any atom is -0.367 e. The van der Waals surface area contributed by atoms with Crippen LogP contribution in [0.25, 0.3) is 5.78 Å². The van der Waals surface area contributed by atoms with Crippen LogP contribution >= 0.6 is 11.6 Å². The van der Waals surface area contributed by atoms with E-state index >= 15 is 0 Å². The molecule has 1 aliphatic rings. The first-order valence-electron chi connectivity index (χ1n) is 7.33. The molecule has 0 bridgehead atoms. The Labute approximate surface area is 123 Å². The van der Waals surface area contributed by atoms with E-state index in [0.717, 1.165) is 11.4 Å². The fraction of sp³-hybridized carbons (Fsp3) is 0.643. The summed E-state index contributed by atoms with van der Waals surface area (Å²) in [7, 11) is 0. The van der Waals surface area contributed by atoms with E-state index in [1.54, 1.807) is 4.52 Å². The molecule has 2 heterocycles. The summed E-state index contributed by atoms with van der Waals surface area (Å²) >= 11 is 6.21. The highest BCUT2D eigenvalue weighted by Crippen LogP contribution is 2.31. The molecule has 2 atom stereocenters. The van der Waals surface area contributed by atoms with Gasteiger partial charge in [-0.25, -0.2) is 0 Å². The SMILES string of the molecule is CCC1CCCCC1Nc1c(C)c(Cl)nc2ncnn12. The highest BCUT2D eigenvalue weighted by molar-refractivity contribution is 6.30. The van der Waals surface area contributed by atoms with Gasteiger partial charge in [0, 0.05) is 11.6 Å². The van der Waals surface area contributed by atoms with Crippen molar-refractivity contribution in [3.8, 4) is 0 Å². The van der Waals surface area contributed by atoms with Crippen molar-refractivity contribution in [2.24, 2.45) is 5.92 Å². The molecule has 1 N–H and O–H groups in total. The normalized spacial score (nSPS) is 23.1. The fourth-order valence-corrected chi connectivity index (χ4v) is 3.29. The maximum absolute atomic E-state index is 6.21. The molecule has 0 radical (unpaired) electrons. The Kier molecular flexibility index (Phi) is 3.78. The molecule has 0 amide bonds. The molecule has 0 aromatic carbocycles. The Morgan fingerprint density at radius 2 is 2.20 bits per heavy atom. The molecule has 0 aliphatic heterocycles. The number of halogens is 1. The average Bonchev–Trinajstić information content (AvgIpc) is 2.92. The Morgan fingerprint density at radius 3 is 3.00 bits per heavy atom. The third-order valence-corrected chi connectivity index (χ3v) is 4.73. The average molecular weight is 294 g/mol. The van der Waals surface area contributed by atoms with Gasteiger partial charge in [0.15, 0.2) is 0 Å². The van der Waals surface area contributed by atoms with Crippen LogP contribution in [0.2, 0.25) is 5.15 Å². The standard InChI is InChI=1S/C14H20ClN5/c1-3-10-6-4-5-7-11(10)18-13-9(2)12(15)19-14-16-8-17-20(13)14/h8,10-11,18H,3-7H2,1-2H3. The van der Waals surface area contributed by atoms with Crippen LogP contribution in [0.4, 0.5) is 5.82 Å². The molecule has 6 heteroatoms. The second kappa shape index (κ2) is 5.56. The van der Waals surface area contributed by atoms with Crippen molar-refractivity contribution in [3.63, 3.8) is 0 Å². The third-order valence-electron chi connectivity index (χ3n) is 4.36. The van der Waals surface area contributed by atoms with Crippen molar-refractivity contribution in [3.05, 3.63) is 17.0 Å². The van der Waals surface area contributed by atoms with Gasteiger partial charge in [-0.05, 0) is 25.7 Å². The van der Waals surface area contributed by atoms with E-state index < -0.39 is 0 Å². The smallest absolute Gasteiger partial charge is 0.255 e. The minimum atomic E-state index is 0.485. The molecule has 1 aliphatic carbocycles. The molecule has 5 nitrogen and oxygen atoms in total. The van der Waals surface area contributed by atoms with E-state index in [2.05, 4.69) is 27.3 Å². The Balaban J connectivity index is 1.97. The van der Waals surface area contributed by atoms with Gasteiger partial charge in [0.2, 0.25) is 0 Å². The number of fused-ring (bicyclic) bond motifs is 1.